The minimum Gasteiger partial charge on any atom is -0.377 e. The Morgan fingerprint density at radius 3 is 2.56 bits per heavy atom. The van der Waals surface area contributed by atoms with Gasteiger partial charge in [-0.2, -0.15) is 5.10 Å². The lowest BCUT2D eigenvalue weighted by molar-refractivity contribution is -0.117. The van der Waals surface area contributed by atoms with Gasteiger partial charge in [-0.3, -0.25) is 9.59 Å². The predicted molar refractivity (Wildman–Crippen MR) is 104 cm³/mol. The Morgan fingerprint density at radius 1 is 1.04 bits per heavy atom. The summed E-state index contributed by atoms with van der Waals surface area (Å²) in [5, 5.41) is 7.15. The zero-order valence-corrected chi connectivity index (χ0v) is 15.1. The summed E-state index contributed by atoms with van der Waals surface area (Å²) in [5.74, 6) is -0.321. The van der Waals surface area contributed by atoms with Crippen LogP contribution in [0.5, 0.6) is 0 Å². The van der Waals surface area contributed by atoms with Gasteiger partial charge in [0.2, 0.25) is 5.91 Å². The number of aromatic nitrogens is 2. The molecule has 0 fully saturated rings. The molecule has 0 unspecified atom stereocenters. The summed E-state index contributed by atoms with van der Waals surface area (Å²) in [7, 11) is 0. The topological polar surface area (TPSA) is 73.2 Å². The van der Waals surface area contributed by atoms with Gasteiger partial charge in [0, 0.05) is 29.5 Å². The molecule has 0 aliphatic rings. The van der Waals surface area contributed by atoms with Gasteiger partial charge < -0.3 is 10.1 Å². The molecule has 138 valence electrons. The zero-order chi connectivity index (χ0) is 19.1. The van der Waals surface area contributed by atoms with Crippen LogP contribution in [0.15, 0.2) is 71.5 Å². The molecule has 3 rings (SSSR count). The van der Waals surface area contributed by atoms with Gasteiger partial charge >= 0.3 is 0 Å². The van der Waals surface area contributed by atoms with Crippen LogP contribution in [-0.2, 0) is 22.7 Å². The van der Waals surface area contributed by atoms with Gasteiger partial charge in [0.05, 0.1) is 12.3 Å². The quantitative estimate of drug-likeness (QED) is 0.700. The van der Waals surface area contributed by atoms with Crippen LogP contribution in [0.1, 0.15) is 12.5 Å². The fourth-order valence-electron chi connectivity index (χ4n) is 2.63. The van der Waals surface area contributed by atoms with E-state index in [1.54, 1.807) is 6.07 Å². The standard InChI is InChI=1S/C21H21N3O3/c1-2-27-15-17-10-6-7-11-18(17)22-20(25)14-24-21(26)13-12-19(23-24)16-8-4-3-5-9-16/h3-13H,2,14-15H2,1H3,(H,22,25). The monoisotopic (exact) mass is 363 g/mol. The fourth-order valence-corrected chi connectivity index (χ4v) is 2.63. The SMILES string of the molecule is CCOCc1ccccc1NC(=O)Cn1nc(-c2ccccc2)ccc1=O. The van der Waals surface area contributed by atoms with E-state index in [0.29, 0.717) is 24.6 Å². The van der Waals surface area contributed by atoms with E-state index < -0.39 is 0 Å². The van der Waals surface area contributed by atoms with Gasteiger partial charge in [-0.05, 0) is 19.1 Å². The van der Waals surface area contributed by atoms with E-state index in [-0.39, 0.29) is 18.0 Å². The molecular formula is C21H21N3O3. The van der Waals surface area contributed by atoms with Crippen LogP contribution in [0.2, 0.25) is 0 Å². The molecular weight excluding hydrogens is 342 g/mol. The van der Waals surface area contributed by atoms with Gasteiger partial charge in [0.15, 0.2) is 0 Å². The van der Waals surface area contributed by atoms with Crippen LogP contribution in [0.3, 0.4) is 0 Å². The average molecular weight is 363 g/mol. The highest BCUT2D eigenvalue weighted by Crippen LogP contribution is 2.16. The van der Waals surface area contributed by atoms with Gasteiger partial charge in [0.25, 0.3) is 5.56 Å². The van der Waals surface area contributed by atoms with Crippen LogP contribution in [-0.4, -0.2) is 22.3 Å². The number of carbonyl (C=O) groups excluding carboxylic acids is 1. The van der Waals surface area contributed by atoms with Gasteiger partial charge in [-0.15, -0.1) is 0 Å². The highest BCUT2D eigenvalue weighted by atomic mass is 16.5. The third-order valence-electron chi connectivity index (χ3n) is 3.98. The smallest absolute Gasteiger partial charge is 0.267 e. The first-order valence-electron chi connectivity index (χ1n) is 8.76. The minimum absolute atomic E-state index is 0.164. The zero-order valence-electron chi connectivity index (χ0n) is 15.1. The molecule has 1 N–H and O–H groups in total. The molecule has 0 aliphatic carbocycles. The third kappa shape index (κ3) is 4.89. The van der Waals surface area contributed by atoms with Crippen molar-refractivity contribution in [3.8, 4) is 11.3 Å². The number of benzene rings is 2. The lowest BCUT2D eigenvalue weighted by atomic mass is 10.1. The molecule has 0 radical (unpaired) electrons. The van der Waals surface area contributed by atoms with E-state index in [9.17, 15) is 9.59 Å². The van der Waals surface area contributed by atoms with Crippen LogP contribution < -0.4 is 10.9 Å². The van der Waals surface area contributed by atoms with Crippen molar-refractivity contribution in [3.63, 3.8) is 0 Å². The molecule has 3 aromatic rings. The Hall–Kier alpha value is -3.25. The number of rotatable bonds is 7. The summed E-state index contributed by atoms with van der Waals surface area (Å²) in [4.78, 5) is 24.6. The molecule has 6 heteroatoms. The number of carbonyl (C=O) groups is 1. The van der Waals surface area contributed by atoms with Crippen molar-refractivity contribution >= 4 is 11.6 Å². The van der Waals surface area contributed by atoms with Crippen molar-refractivity contribution in [3.05, 3.63) is 82.6 Å². The summed E-state index contributed by atoms with van der Waals surface area (Å²) >= 11 is 0. The molecule has 6 nitrogen and oxygen atoms in total. The summed E-state index contributed by atoms with van der Waals surface area (Å²) in [5.41, 5.74) is 2.75. The predicted octanol–water partition coefficient (Wildman–Crippen LogP) is 3.09. The second-order valence-electron chi connectivity index (χ2n) is 5.92. The molecule has 0 spiro atoms. The highest BCUT2D eigenvalue weighted by molar-refractivity contribution is 5.91. The van der Waals surface area contributed by atoms with Crippen LogP contribution in [0, 0.1) is 0 Å². The highest BCUT2D eigenvalue weighted by Gasteiger charge is 2.10. The number of hydrogen-bond donors (Lipinski definition) is 1. The lowest BCUT2D eigenvalue weighted by Crippen LogP contribution is -2.29. The number of ether oxygens (including phenoxy) is 1. The van der Waals surface area contributed by atoms with Crippen molar-refractivity contribution in [2.45, 2.75) is 20.1 Å². The first-order chi connectivity index (χ1) is 13.2. The Balaban J connectivity index is 1.76. The van der Waals surface area contributed by atoms with Crippen LogP contribution in [0.25, 0.3) is 11.3 Å². The molecule has 1 aromatic heterocycles. The summed E-state index contributed by atoms with van der Waals surface area (Å²) in [6, 6.07) is 20.0. The Bertz CT molecular complexity index is 968. The molecule has 1 heterocycles. The molecule has 1 amide bonds. The second-order valence-corrected chi connectivity index (χ2v) is 5.92. The maximum absolute atomic E-state index is 12.5. The second kappa shape index (κ2) is 8.91. The maximum atomic E-state index is 12.5. The van der Waals surface area contributed by atoms with Crippen molar-refractivity contribution in [2.75, 3.05) is 11.9 Å². The molecule has 0 saturated heterocycles. The number of para-hydroxylation sites is 1. The number of nitrogens with zero attached hydrogens (tertiary/aromatic N) is 2. The van der Waals surface area contributed by atoms with Crippen molar-refractivity contribution in [1.29, 1.82) is 0 Å². The summed E-state index contributed by atoms with van der Waals surface area (Å²) in [6.45, 7) is 2.75. The van der Waals surface area contributed by atoms with E-state index in [2.05, 4.69) is 10.4 Å². The van der Waals surface area contributed by atoms with Crippen molar-refractivity contribution in [2.24, 2.45) is 0 Å². The van der Waals surface area contributed by atoms with Crippen LogP contribution >= 0.6 is 0 Å². The van der Waals surface area contributed by atoms with Crippen LogP contribution in [0.4, 0.5) is 5.69 Å². The van der Waals surface area contributed by atoms with E-state index in [4.69, 9.17) is 4.74 Å². The third-order valence-corrected chi connectivity index (χ3v) is 3.98. The Morgan fingerprint density at radius 2 is 1.78 bits per heavy atom. The maximum Gasteiger partial charge on any atom is 0.267 e. The number of amides is 1. The lowest BCUT2D eigenvalue weighted by Gasteiger charge is -2.12. The first kappa shape index (κ1) is 18.5. The average Bonchev–Trinajstić information content (AvgIpc) is 2.69. The number of nitrogens with one attached hydrogen (secondary N) is 1. The summed E-state index contributed by atoms with van der Waals surface area (Å²) < 4.78 is 6.59. The fraction of sp³-hybridized carbons (Fsp3) is 0.190. The van der Waals surface area contributed by atoms with E-state index in [1.807, 2.05) is 61.5 Å². The van der Waals surface area contributed by atoms with E-state index >= 15 is 0 Å². The molecule has 0 bridgehead atoms. The van der Waals surface area contributed by atoms with Crippen molar-refractivity contribution < 1.29 is 9.53 Å². The van der Waals surface area contributed by atoms with Gasteiger partial charge in [-0.1, -0.05) is 48.5 Å². The van der Waals surface area contributed by atoms with E-state index in [1.165, 1.54) is 10.7 Å². The van der Waals surface area contributed by atoms with Gasteiger partial charge in [-0.25, -0.2) is 4.68 Å². The molecule has 0 atom stereocenters. The normalized spacial score (nSPS) is 10.6. The van der Waals surface area contributed by atoms with Crippen molar-refractivity contribution in [1.82, 2.24) is 9.78 Å². The Kier molecular flexibility index (Phi) is 6.12. The molecule has 2 aromatic carbocycles. The largest absolute Gasteiger partial charge is 0.377 e. The molecule has 27 heavy (non-hydrogen) atoms. The summed E-state index contributed by atoms with van der Waals surface area (Å²) in [6.07, 6.45) is 0. The molecule has 0 saturated carbocycles. The number of anilines is 1. The van der Waals surface area contributed by atoms with E-state index in [0.717, 1.165) is 11.1 Å². The first-order valence-corrected chi connectivity index (χ1v) is 8.76. The Labute approximate surface area is 157 Å². The minimum atomic E-state index is -0.326. The number of hydrogen-bond acceptors (Lipinski definition) is 4. The van der Waals surface area contributed by atoms with Gasteiger partial charge in [0.1, 0.15) is 6.54 Å². The molecule has 0 aliphatic heterocycles.